The molecule has 0 spiro atoms. The number of aromatic hydroxyl groups is 1. The van der Waals surface area contributed by atoms with E-state index < -0.39 is 52.7 Å². The van der Waals surface area contributed by atoms with E-state index in [4.69, 9.17) is 32.4 Å². The number of phenols is 1. The molecule has 1 saturated carbocycles. The van der Waals surface area contributed by atoms with Gasteiger partial charge >= 0.3 is 0 Å². The van der Waals surface area contributed by atoms with Gasteiger partial charge in [-0.2, -0.15) is 5.01 Å². The molecule has 4 aliphatic rings. The van der Waals surface area contributed by atoms with E-state index in [1.54, 1.807) is 84.9 Å². The number of oxazole rings is 1. The highest BCUT2D eigenvalue weighted by molar-refractivity contribution is 6.36. The molecule has 0 radical (unpaired) electrons. The number of anilines is 2. The number of aromatic nitrogens is 1. The summed E-state index contributed by atoms with van der Waals surface area (Å²) in [5.74, 6) is -5.09. The summed E-state index contributed by atoms with van der Waals surface area (Å²) in [6, 6.07) is 32.8. The predicted octanol–water partition coefficient (Wildman–Crippen LogP) is 8.71. The Labute approximate surface area is 347 Å². The minimum Gasteiger partial charge on any atom is -0.508 e. The number of ether oxygens (including phenoxy) is 1. The van der Waals surface area contributed by atoms with Crippen LogP contribution in [-0.2, 0) is 24.6 Å². The SMILES string of the molecule is COc1ccc(C23C(=O)N(Nc4ccc(Cl)cc4Cl)C(=O)C2CC2C(=CCC4C(=O)N(c5ccc(-c6nc7ccccc7o6)cc5)C(=O)C42)C3c2ccccc2O)cc1. The van der Waals surface area contributed by atoms with Gasteiger partial charge < -0.3 is 14.3 Å². The van der Waals surface area contributed by atoms with Crippen molar-refractivity contribution in [2.75, 3.05) is 17.4 Å². The van der Waals surface area contributed by atoms with Crippen molar-refractivity contribution in [1.82, 2.24) is 9.99 Å². The molecule has 2 saturated heterocycles. The summed E-state index contributed by atoms with van der Waals surface area (Å²) in [6.07, 6.45) is 2.24. The number of hydrogen-bond acceptors (Lipinski definition) is 9. The van der Waals surface area contributed by atoms with Crippen molar-refractivity contribution in [3.05, 3.63) is 148 Å². The van der Waals surface area contributed by atoms with Gasteiger partial charge in [-0.05, 0) is 97.1 Å². The molecule has 4 amide bonds. The molecule has 13 heteroatoms. The average Bonchev–Trinajstić information content (AvgIpc) is 3.86. The third kappa shape index (κ3) is 5.52. The van der Waals surface area contributed by atoms with Gasteiger partial charge in [-0.1, -0.05) is 77.3 Å². The number of halogens is 2. The van der Waals surface area contributed by atoms with Gasteiger partial charge in [0, 0.05) is 22.1 Å². The van der Waals surface area contributed by atoms with E-state index in [9.17, 15) is 19.5 Å². The highest BCUT2D eigenvalue weighted by Gasteiger charge is 2.70. The van der Waals surface area contributed by atoms with E-state index in [1.807, 2.05) is 30.3 Å². The molecule has 6 aromatic rings. The van der Waals surface area contributed by atoms with Crippen LogP contribution in [0.4, 0.5) is 11.4 Å². The van der Waals surface area contributed by atoms with E-state index in [0.29, 0.717) is 55.7 Å². The molecule has 294 valence electrons. The van der Waals surface area contributed by atoms with Crippen LogP contribution in [-0.4, -0.2) is 45.8 Å². The van der Waals surface area contributed by atoms with Gasteiger partial charge in [0.25, 0.3) is 11.8 Å². The Morgan fingerprint density at radius 2 is 1.59 bits per heavy atom. The number of fused-ring (bicyclic) bond motifs is 5. The summed E-state index contributed by atoms with van der Waals surface area (Å²) in [5, 5.41) is 13.2. The van der Waals surface area contributed by atoms with Crippen LogP contribution in [0.1, 0.15) is 29.9 Å². The fourth-order valence-corrected chi connectivity index (χ4v) is 10.4. The van der Waals surface area contributed by atoms with Gasteiger partial charge in [0.2, 0.25) is 17.7 Å². The molecular weight excluding hydrogens is 791 g/mol. The van der Waals surface area contributed by atoms with Gasteiger partial charge in [0.15, 0.2) is 5.58 Å². The zero-order chi connectivity index (χ0) is 40.7. The number of hydrazine groups is 1. The highest BCUT2D eigenvalue weighted by Crippen LogP contribution is 2.65. The van der Waals surface area contributed by atoms with Crippen molar-refractivity contribution in [1.29, 1.82) is 0 Å². The number of phenolic OH excluding ortho intramolecular Hbond substituents is 1. The van der Waals surface area contributed by atoms with Crippen molar-refractivity contribution in [2.24, 2.45) is 23.7 Å². The maximum Gasteiger partial charge on any atom is 0.260 e. The smallest absolute Gasteiger partial charge is 0.260 e. The van der Waals surface area contributed by atoms with Crippen LogP contribution >= 0.6 is 23.2 Å². The molecule has 11 nitrogen and oxygen atoms in total. The lowest BCUT2D eigenvalue weighted by atomic mass is 9.49. The fraction of sp³-hybridized carbons (Fsp3) is 0.196. The van der Waals surface area contributed by atoms with Crippen LogP contribution in [0.25, 0.3) is 22.6 Å². The average molecular weight is 826 g/mol. The number of nitrogens with zero attached hydrogens (tertiary/aromatic N) is 3. The second kappa shape index (κ2) is 13.9. The first-order valence-electron chi connectivity index (χ1n) is 19.2. The lowest BCUT2D eigenvalue weighted by Crippen LogP contribution is -2.53. The summed E-state index contributed by atoms with van der Waals surface area (Å²) in [7, 11) is 1.54. The van der Waals surface area contributed by atoms with Gasteiger partial charge in [0.1, 0.15) is 17.0 Å². The number of carbonyl (C=O) groups excluding carboxylic acids is 4. The van der Waals surface area contributed by atoms with Crippen LogP contribution in [0.2, 0.25) is 10.0 Å². The largest absolute Gasteiger partial charge is 0.508 e. The van der Waals surface area contributed by atoms with Crippen molar-refractivity contribution < 1.29 is 33.4 Å². The number of amides is 4. The third-order valence-electron chi connectivity index (χ3n) is 12.5. The number of nitrogens with one attached hydrogen (secondary N) is 1. The van der Waals surface area contributed by atoms with Crippen LogP contribution in [0.5, 0.6) is 11.5 Å². The highest BCUT2D eigenvalue weighted by atomic mass is 35.5. The van der Waals surface area contributed by atoms with Gasteiger partial charge in [-0.3, -0.25) is 29.5 Å². The van der Waals surface area contributed by atoms with Gasteiger partial charge in [-0.25, -0.2) is 4.98 Å². The van der Waals surface area contributed by atoms with Gasteiger partial charge in [0.05, 0.1) is 46.7 Å². The zero-order valence-electron chi connectivity index (χ0n) is 31.3. The summed E-state index contributed by atoms with van der Waals surface area (Å²) in [4.78, 5) is 65.4. The van der Waals surface area contributed by atoms with E-state index in [1.165, 1.54) is 18.1 Å². The van der Waals surface area contributed by atoms with E-state index in [2.05, 4.69) is 10.4 Å². The molecule has 2 N–H and O–H groups in total. The Kier molecular flexibility index (Phi) is 8.66. The molecule has 5 aromatic carbocycles. The number of allylic oxidation sites excluding steroid dienone is 2. The number of rotatable bonds is 7. The second-order valence-electron chi connectivity index (χ2n) is 15.3. The quantitative estimate of drug-likeness (QED) is 0.119. The van der Waals surface area contributed by atoms with Crippen molar-refractivity contribution in [2.45, 2.75) is 24.2 Å². The molecule has 0 bridgehead atoms. The fourth-order valence-electron chi connectivity index (χ4n) is 9.92. The van der Waals surface area contributed by atoms with Crippen LogP contribution < -0.4 is 15.1 Å². The summed E-state index contributed by atoms with van der Waals surface area (Å²) >= 11 is 12.8. The Morgan fingerprint density at radius 3 is 2.32 bits per heavy atom. The monoisotopic (exact) mass is 824 g/mol. The maximum absolute atomic E-state index is 15.4. The molecule has 6 atom stereocenters. The molecule has 10 rings (SSSR count). The molecule has 2 aliphatic heterocycles. The number of carbonyl (C=O) groups is 4. The first kappa shape index (κ1) is 36.9. The van der Waals surface area contributed by atoms with E-state index in [0.717, 1.165) is 5.01 Å². The van der Waals surface area contributed by atoms with Crippen molar-refractivity contribution >= 4 is 69.3 Å². The normalized spacial score (nSPS) is 24.9. The predicted molar refractivity (Wildman–Crippen MR) is 221 cm³/mol. The summed E-state index contributed by atoms with van der Waals surface area (Å²) < 4.78 is 11.4. The second-order valence-corrected chi connectivity index (χ2v) is 16.2. The topological polar surface area (TPSA) is 142 Å². The summed E-state index contributed by atoms with van der Waals surface area (Å²) in [5.41, 5.74) is 5.76. The number of imide groups is 2. The van der Waals surface area contributed by atoms with Gasteiger partial charge in [-0.15, -0.1) is 0 Å². The number of methoxy groups -OCH3 is 1. The first-order chi connectivity index (χ1) is 28.6. The Morgan fingerprint density at radius 1 is 0.847 bits per heavy atom. The number of para-hydroxylation sites is 3. The lowest BCUT2D eigenvalue weighted by molar-refractivity contribution is -0.138. The molecule has 59 heavy (non-hydrogen) atoms. The standard InChI is InChI=1S/C46H34Cl2N4O7/c1-58-28-17-12-25(13-18-28)46-33(43(55)52(45(46)57)50-35-21-14-26(47)22-34(35)48)23-32-29(40(46)30-6-2-4-8-37(30)53)19-20-31-39(32)44(56)51(42(31)54)27-15-10-24(11-16-27)41-49-36-7-3-5-9-38(36)59-41/h2-19,21-22,31-33,39-40,50,53H,20,23H2,1H3. The Bertz CT molecular complexity index is 2740. The van der Waals surface area contributed by atoms with E-state index >= 15 is 4.79 Å². The molecule has 2 aliphatic carbocycles. The molecule has 3 heterocycles. The Hall–Kier alpha value is -6.43. The molecule has 1 aromatic heterocycles. The Balaban J connectivity index is 1.08. The van der Waals surface area contributed by atoms with Crippen LogP contribution in [0.3, 0.4) is 0 Å². The first-order valence-corrected chi connectivity index (χ1v) is 19.9. The number of hydrogen-bond donors (Lipinski definition) is 2. The maximum atomic E-state index is 15.4. The third-order valence-corrected chi connectivity index (χ3v) is 13.0. The van der Waals surface area contributed by atoms with Crippen LogP contribution in [0.15, 0.2) is 131 Å². The number of benzene rings is 5. The van der Waals surface area contributed by atoms with Crippen molar-refractivity contribution in [3.63, 3.8) is 0 Å². The minimum atomic E-state index is -1.60. The summed E-state index contributed by atoms with van der Waals surface area (Å²) in [6.45, 7) is 0. The lowest BCUT2D eigenvalue weighted by Gasteiger charge is -2.50. The van der Waals surface area contributed by atoms with Crippen molar-refractivity contribution in [3.8, 4) is 23.0 Å². The van der Waals surface area contributed by atoms with E-state index in [-0.39, 0.29) is 35.2 Å². The minimum absolute atomic E-state index is 0.0732. The molecule has 3 fully saturated rings. The zero-order valence-corrected chi connectivity index (χ0v) is 32.9. The molecule has 6 unspecified atom stereocenters. The molecular formula is C46H34Cl2N4O7. The van der Waals surface area contributed by atoms with Crippen LogP contribution in [0, 0.1) is 23.7 Å².